The highest BCUT2D eigenvalue weighted by atomic mass is 32.2. The van der Waals surface area contributed by atoms with Crippen molar-refractivity contribution in [1.29, 1.82) is 0 Å². The quantitative estimate of drug-likeness (QED) is 0.481. The molecule has 1 fully saturated rings. The predicted molar refractivity (Wildman–Crippen MR) is 153 cm³/mol. The zero-order valence-electron chi connectivity index (χ0n) is 22.9. The number of nitrogens with zero attached hydrogens (tertiary/aromatic N) is 7. The number of aromatic nitrogens is 3. The van der Waals surface area contributed by atoms with Gasteiger partial charge in [-0.15, -0.1) is 0 Å². The first kappa shape index (κ1) is 27.8. The number of benzene rings is 1. The SMILES string of the molecule is CC(=O)N1CCN(C(C)C)c2cc(-c3nc(Nc4ccc(N5CCN(S(C)=O)CC5)cn4)ncc3F)cc(F)c21. The molecule has 1 amide bonds. The van der Waals surface area contributed by atoms with Gasteiger partial charge in [0.2, 0.25) is 11.9 Å². The van der Waals surface area contributed by atoms with E-state index >= 15 is 4.39 Å². The van der Waals surface area contributed by atoms with Gasteiger partial charge in [-0.3, -0.25) is 4.79 Å². The van der Waals surface area contributed by atoms with Gasteiger partial charge in [-0.25, -0.2) is 32.2 Å². The number of halogens is 2. The fourth-order valence-corrected chi connectivity index (χ4v) is 5.77. The molecule has 1 atom stereocenters. The molecule has 2 aliphatic heterocycles. The van der Waals surface area contributed by atoms with Crippen molar-refractivity contribution in [2.45, 2.75) is 26.8 Å². The molecule has 212 valence electrons. The van der Waals surface area contributed by atoms with Crippen molar-refractivity contribution in [3.63, 3.8) is 0 Å². The minimum Gasteiger partial charge on any atom is -0.368 e. The van der Waals surface area contributed by atoms with E-state index in [1.807, 2.05) is 29.1 Å². The van der Waals surface area contributed by atoms with Crippen molar-refractivity contribution >= 4 is 45.7 Å². The van der Waals surface area contributed by atoms with Crippen LogP contribution in [0.5, 0.6) is 0 Å². The summed E-state index contributed by atoms with van der Waals surface area (Å²) in [6.45, 7) is 9.17. The molecule has 10 nitrogen and oxygen atoms in total. The molecule has 13 heteroatoms. The fourth-order valence-electron chi connectivity index (χ4n) is 5.09. The molecule has 0 bridgehead atoms. The third kappa shape index (κ3) is 5.61. The molecule has 40 heavy (non-hydrogen) atoms. The molecule has 2 aromatic heterocycles. The monoisotopic (exact) mass is 570 g/mol. The molecule has 0 spiro atoms. The van der Waals surface area contributed by atoms with Crippen LogP contribution in [0.4, 0.5) is 37.6 Å². The van der Waals surface area contributed by atoms with Gasteiger partial charge in [0.25, 0.3) is 0 Å². The topological polar surface area (TPSA) is 97.8 Å². The number of hydrogen-bond acceptors (Lipinski definition) is 8. The van der Waals surface area contributed by atoms with Gasteiger partial charge in [-0.2, -0.15) is 0 Å². The summed E-state index contributed by atoms with van der Waals surface area (Å²) < 4.78 is 44.0. The van der Waals surface area contributed by atoms with Crippen LogP contribution in [0.15, 0.2) is 36.7 Å². The van der Waals surface area contributed by atoms with Crippen molar-refractivity contribution in [1.82, 2.24) is 19.3 Å². The lowest BCUT2D eigenvalue weighted by atomic mass is 10.0. The van der Waals surface area contributed by atoms with E-state index in [-0.39, 0.29) is 34.8 Å². The van der Waals surface area contributed by atoms with Crippen LogP contribution in [-0.4, -0.2) is 80.9 Å². The number of carbonyl (C=O) groups is 1. The Balaban J connectivity index is 1.39. The molecule has 1 aromatic carbocycles. The lowest BCUT2D eigenvalue weighted by Gasteiger charge is -2.40. The highest BCUT2D eigenvalue weighted by Crippen LogP contribution is 2.40. The number of nitrogens with one attached hydrogen (secondary N) is 1. The van der Waals surface area contributed by atoms with Crippen LogP contribution in [0.25, 0.3) is 11.3 Å². The molecule has 3 aromatic rings. The van der Waals surface area contributed by atoms with E-state index in [0.29, 0.717) is 37.7 Å². The van der Waals surface area contributed by atoms with E-state index in [1.54, 1.807) is 24.6 Å². The number of hydrogen-bond donors (Lipinski definition) is 1. The van der Waals surface area contributed by atoms with E-state index < -0.39 is 22.6 Å². The van der Waals surface area contributed by atoms with Crippen LogP contribution in [0.1, 0.15) is 20.8 Å². The number of rotatable bonds is 6. The van der Waals surface area contributed by atoms with Gasteiger partial charge in [0, 0.05) is 64.1 Å². The minimum atomic E-state index is -0.976. The Hall–Kier alpha value is -3.71. The number of pyridine rings is 1. The average Bonchev–Trinajstić information content (AvgIpc) is 2.93. The predicted octanol–water partition coefficient (Wildman–Crippen LogP) is 3.56. The maximum absolute atomic E-state index is 15.5. The highest BCUT2D eigenvalue weighted by molar-refractivity contribution is 7.81. The van der Waals surface area contributed by atoms with Gasteiger partial charge in [-0.1, -0.05) is 0 Å². The van der Waals surface area contributed by atoms with E-state index in [9.17, 15) is 13.4 Å². The lowest BCUT2D eigenvalue weighted by Crippen LogP contribution is -2.46. The van der Waals surface area contributed by atoms with Gasteiger partial charge < -0.3 is 20.0 Å². The second-order valence-corrected chi connectivity index (χ2v) is 11.4. The normalized spacial score (nSPS) is 16.7. The molecular formula is C27H32F2N8O2S. The van der Waals surface area contributed by atoms with Crippen LogP contribution in [0, 0.1) is 11.6 Å². The van der Waals surface area contributed by atoms with E-state index in [4.69, 9.17) is 0 Å². The molecule has 0 saturated carbocycles. The Bertz CT molecular complexity index is 1430. The third-order valence-corrected chi connectivity index (χ3v) is 8.26. The maximum Gasteiger partial charge on any atom is 0.229 e. The fraction of sp³-hybridized carbons (Fsp3) is 0.407. The largest absolute Gasteiger partial charge is 0.368 e. The number of amides is 1. The first-order valence-corrected chi connectivity index (χ1v) is 14.6. The zero-order chi connectivity index (χ0) is 28.6. The summed E-state index contributed by atoms with van der Waals surface area (Å²) in [5.41, 5.74) is 1.82. The molecular weight excluding hydrogens is 538 g/mol. The van der Waals surface area contributed by atoms with Crippen LogP contribution < -0.4 is 20.0 Å². The summed E-state index contributed by atoms with van der Waals surface area (Å²) in [4.78, 5) is 30.6. The summed E-state index contributed by atoms with van der Waals surface area (Å²) in [6, 6.07) is 6.61. The van der Waals surface area contributed by atoms with Gasteiger partial charge in [0.05, 0.1) is 34.8 Å². The van der Waals surface area contributed by atoms with Crippen LogP contribution in [0.3, 0.4) is 0 Å². The summed E-state index contributed by atoms with van der Waals surface area (Å²) >= 11 is 0. The van der Waals surface area contributed by atoms with Gasteiger partial charge in [0.15, 0.2) is 5.82 Å². The second kappa shape index (κ2) is 11.4. The standard InChI is InChI=1S/C27H32F2N8O2S/c1-17(2)36-11-12-37(18(3)38)26-21(28)13-19(14-23(26)36)25-22(29)16-31-27(33-25)32-24-6-5-20(15-30-24)34-7-9-35(10-8-34)40(4)39/h5-6,13-17H,7-12H2,1-4H3,(H,30,31,32,33). The Morgan fingerprint density at radius 2 is 1.75 bits per heavy atom. The summed E-state index contributed by atoms with van der Waals surface area (Å²) in [7, 11) is -0.976. The van der Waals surface area contributed by atoms with Gasteiger partial charge in [0.1, 0.15) is 23.0 Å². The average molecular weight is 571 g/mol. The van der Waals surface area contributed by atoms with Crippen LogP contribution in [0.2, 0.25) is 0 Å². The molecule has 1 saturated heterocycles. The van der Waals surface area contributed by atoms with Crippen LogP contribution >= 0.6 is 0 Å². The molecule has 0 radical (unpaired) electrons. The third-order valence-electron chi connectivity index (χ3n) is 7.16. The van der Waals surface area contributed by atoms with Gasteiger partial charge in [-0.05, 0) is 38.1 Å². The number of anilines is 5. The summed E-state index contributed by atoms with van der Waals surface area (Å²) in [5.74, 6) is -0.997. The second-order valence-electron chi connectivity index (χ2n) is 10.0. The highest BCUT2D eigenvalue weighted by Gasteiger charge is 2.31. The Kier molecular flexibility index (Phi) is 7.95. The van der Waals surface area contributed by atoms with E-state index in [2.05, 4.69) is 25.2 Å². The van der Waals surface area contributed by atoms with Crippen molar-refractivity contribution in [2.75, 3.05) is 65.5 Å². The van der Waals surface area contributed by atoms with Crippen molar-refractivity contribution in [3.05, 3.63) is 48.3 Å². The van der Waals surface area contributed by atoms with Crippen LogP contribution in [-0.2, 0) is 15.8 Å². The summed E-state index contributed by atoms with van der Waals surface area (Å²) in [6.07, 6.45) is 4.45. The van der Waals surface area contributed by atoms with E-state index in [0.717, 1.165) is 25.0 Å². The van der Waals surface area contributed by atoms with Crippen molar-refractivity contribution in [2.24, 2.45) is 0 Å². The van der Waals surface area contributed by atoms with E-state index in [1.165, 1.54) is 17.9 Å². The van der Waals surface area contributed by atoms with Gasteiger partial charge >= 0.3 is 0 Å². The minimum absolute atomic E-state index is 0.0449. The Labute approximate surface area is 234 Å². The number of carbonyl (C=O) groups excluding carboxylic acids is 1. The molecule has 1 N–H and O–H groups in total. The maximum atomic E-state index is 15.5. The van der Waals surface area contributed by atoms with Crippen molar-refractivity contribution < 1.29 is 17.8 Å². The number of piperazine rings is 1. The molecule has 0 aliphatic carbocycles. The van der Waals surface area contributed by atoms with Crippen molar-refractivity contribution in [3.8, 4) is 11.3 Å². The molecule has 4 heterocycles. The molecule has 1 unspecified atom stereocenters. The summed E-state index contributed by atoms with van der Waals surface area (Å²) in [5, 5.41) is 3.00. The first-order valence-electron chi connectivity index (χ1n) is 13.1. The zero-order valence-corrected chi connectivity index (χ0v) is 23.7. The first-order chi connectivity index (χ1) is 19.1. The lowest BCUT2D eigenvalue weighted by molar-refractivity contribution is -0.116. The Morgan fingerprint density at radius 3 is 2.38 bits per heavy atom. The Morgan fingerprint density at radius 1 is 1.00 bits per heavy atom. The molecule has 5 rings (SSSR count). The molecule has 2 aliphatic rings. The number of fused-ring (bicyclic) bond motifs is 1. The smallest absolute Gasteiger partial charge is 0.229 e.